The van der Waals surface area contributed by atoms with Gasteiger partial charge in [-0.05, 0) is 19.8 Å². The van der Waals surface area contributed by atoms with Gasteiger partial charge in [-0.3, -0.25) is 10.1 Å². The van der Waals surface area contributed by atoms with Crippen molar-refractivity contribution in [2.75, 3.05) is 6.54 Å². The van der Waals surface area contributed by atoms with E-state index in [9.17, 15) is 14.4 Å². The van der Waals surface area contributed by atoms with Gasteiger partial charge in [-0.2, -0.15) is 0 Å². The van der Waals surface area contributed by atoms with E-state index in [1.54, 1.807) is 4.90 Å². The summed E-state index contributed by atoms with van der Waals surface area (Å²) in [5, 5.41) is 10.5. The van der Waals surface area contributed by atoms with Crippen molar-refractivity contribution in [1.82, 2.24) is 10.2 Å². The van der Waals surface area contributed by atoms with Crippen LogP contribution >= 0.6 is 0 Å². The normalized spacial score (nSPS) is 20.5. The first kappa shape index (κ1) is 14.2. The lowest BCUT2D eigenvalue weighted by atomic mass is 10.1. The Labute approximate surface area is 106 Å². The van der Waals surface area contributed by atoms with E-state index in [1.807, 2.05) is 6.92 Å². The molecule has 0 radical (unpaired) electrons. The molecule has 1 heterocycles. The Kier molecular flexibility index (Phi) is 5.35. The number of nitrogens with zero attached hydrogens (tertiary/aromatic N) is 1. The van der Waals surface area contributed by atoms with Gasteiger partial charge in [0.25, 0.3) is 5.91 Å². The van der Waals surface area contributed by atoms with Crippen LogP contribution in [0.5, 0.6) is 0 Å². The molecule has 6 nitrogen and oxygen atoms in total. The Balaban J connectivity index is 2.53. The molecule has 3 amide bonds. The number of nitrogens with one attached hydrogen (secondary N) is 1. The SMILES string of the molecule is CC1CCCCCN1C(=O)NC(=O)C=CC(=O)O. The van der Waals surface area contributed by atoms with Gasteiger partial charge < -0.3 is 10.0 Å². The number of carboxylic acid groups (broad SMARTS) is 1. The first-order chi connectivity index (χ1) is 8.50. The van der Waals surface area contributed by atoms with E-state index in [-0.39, 0.29) is 6.04 Å². The molecule has 0 bridgehead atoms. The maximum absolute atomic E-state index is 11.8. The highest BCUT2D eigenvalue weighted by molar-refractivity contribution is 6.02. The van der Waals surface area contributed by atoms with Crippen LogP contribution in [0.15, 0.2) is 12.2 Å². The lowest BCUT2D eigenvalue weighted by molar-refractivity contribution is -0.131. The highest BCUT2D eigenvalue weighted by Gasteiger charge is 2.22. The summed E-state index contributed by atoms with van der Waals surface area (Å²) in [5.74, 6) is -1.93. The second-order valence-electron chi connectivity index (χ2n) is 4.36. The van der Waals surface area contributed by atoms with Crippen LogP contribution in [-0.4, -0.2) is 40.5 Å². The number of rotatable bonds is 2. The smallest absolute Gasteiger partial charge is 0.328 e. The summed E-state index contributed by atoms with van der Waals surface area (Å²) in [4.78, 5) is 35.0. The number of urea groups is 1. The van der Waals surface area contributed by atoms with Crippen molar-refractivity contribution in [3.63, 3.8) is 0 Å². The molecule has 18 heavy (non-hydrogen) atoms. The quantitative estimate of drug-likeness (QED) is 0.723. The average Bonchev–Trinajstić information content (AvgIpc) is 2.51. The van der Waals surface area contributed by atoms with Crippen LogP contribution in [0.4, 0.5) is 4.79 Å². The fraction of sp³-hybridized carbons (Fsp3) is 0.583. The molecule has 1 rings (SSSR count). The molecule has 1 aliphatic heterocycles. The highest BCUT2D eigenvalue weighted by Crippen LogP contribution is 2.16. The molecule has 6 heteroatoms. The van der Waals surface area contributed by atoms with E-state index in [2.05, 4.69) is 5.32 Å². The second kappa shape index (κ2) is 6.78. The first-order valence-corrected chi connectivity index (χ1v) is 6.03. The van der Waals surface area contributed by atoms with Gasteiger partial charge in [0.05, 0.1) is 0 Å². The molecule has 1 saturated heterocycles. The summed E-state index contributed by atoms with van der Waals surface area (Å²) in [6.07, 6.45) is 5.56. The minimum absolute atomic E-state index is 0.101. The lowest BCUT2D eigenvalue weighted by Gasteiger charge is -2.26. The molecule has 0 aromatic carbocycles. The largest absolute Gasteiger partial charge is 0.478 e. The van der Waals surface area contributed by atoms with E-state index < -0.39 is 17.9 Å². The molecule has 0 spiro atoms. The van der Waals surface area contributed by atoms with Gasteiger partial charge in [0.15, 0.2) is 0 Å². The average molecular weight is 254 g/mol. The number of carboxylic acids is 1. The van der Waals surface area contributed by atoms with Crippen LogP contribution in [0.2, 0.25) is 0 Å². The number of likely N-dealkylation sites (tertiary alicyclic amines) is 1. The predicted octanol–water partition coefficient (Wildman–Crippen LogP) is 1.13. The summed E-state index contributed by atoms with van der Waals surface area (Å²) in [6.45, 7) is 2.57. The van der Waals surface area contributed by atoms with E-state index >= 15 is 0 Å². The van der Waals surface area contributed by atoms with Crippen LogP contribution in [0, 0.1) is 0 Å². The molecule has 1 atom stereocenters. The zero-order chi connectivity index (χ0) is 13.5. The number of imide groups is 1. The number of aliphatic carboxylic acids is 1. The van der Waals surface area contributed by atoms with E-state index in [4.69, 9.17) is 5.11 Å². The van der Waals surface area contributed by atoms with Gasteiger partial charge in [0, 0.05) is 24.7 Å². The van der Waals surface area contributed by atoms with Crippen molar-refractivity contribution >= 4 is 17.9 Å². The van der Waals surface area contributed by atoms with Gasteiger partial charge in [-0.25, -0.2) is 9.59 Å². The molecule has 0 aromatic rings. The van der Waals surface area contributed by atoms with Crippen LogP contribution in [-0.2, 0) is 9.59 Å². The Morgan fingerprint density at radius 3 is 2.61 bits per heavy atom. The zero-order valence-corrected chi connectivity index (χ0v) is 10.4. The van der Waals surface area contributed by atoms with E-state index in [0.717, 1.165) is 31.8 Å². The van der Waals surface area contributed by atoms with Crippen molar-refractivity contribution in [2.45, 2.75) is 38.6 Å². The van der Waals surface area contributed by atoms with Gasteiger partial charge in [-0.15, -0.1) is 0 Å². The number of amides is 3. The molecular weight excluding hydrogens is 236 g/mol. The van der Waals surface area contributed by atoms with Gasteiger partial charge in [0.2, 0.25) is 0 Å². The molecule has 2 N–H and O–H groups in total. The third kappa shape index (κ3) is 4.57. The van der Waals surface area contributed by atoms with Crippen molar-refractivity contribution in [3.8, 4) is 0 Å². The number of hydrogen-bond donors (Lipinski definition) is 2. The summed E-state index contributed by atoms with van der Waals surface area (Å²) in [5.41, 5.74) is 0. The second-order valence-corrected chi connectivity index (χ2v) is 4.36. The van der Waals surface area contributed by atoms with Crippen LogP contribution in [0.3, 0.4) is 0 Å². The number of hydrogen-bond acceptors (Lipinski definition) is 3. The lowest BCUT2D eigenvalue weighted by Crippen LogP contribution is -2.46. The monoisotopic (exact) mass is 254 g/mol. The number of carbonyl (C=O) groups is 3. The maximum atomic E-state index is 11.8. The molecule has 1 unspecified atom stereocenters. The van der Waals surface area contributed by atoms with Crippen LogP contribution in [0.25, 0.3) is 0 Å². The summed E-state index contributed by atoms with van der Waals surface area (Å²) < 4.78 is 0. The summed E-state index contributed by atoms with van der Waals surface area (Å²) in [7, 11) is 0. The zero-order valence-electron chi connectivity index (χ0n) is 10.4. The van der Waals surface area contributed by atoms with Gasteiger partial charge in [-0.1, -0.05) is 12.8 Å². The van der Waals surface area contributed by atoms with E-state index in [1.165, 1.54) is 0 Å². The topological polar surface area (TPSA) is 86.7 Å². The molecule has 0 aromatic heterocycles. The minimum atomic E-state index is -1.22. The molecular formula is C12H18N2O4. The summed E-state index contributed by atoms with van der Waals surface area (Å²) in [6, 6.07) is -0.354. The van der Waals surface area contributed by atoms with Crippen molar-refractivity contribution in [1.29, 1.82) is 0 Å². The predicted molar refractivity (Wildman–Crippen MR) is 65.0 cm³/mol. The Morgan fingerprint density at radius 1 is 1.22 bits per heavy atom. The number of carbonyl (C=O) groups excluding carboxylic acids is 2. The summed E-state index contributed by atoms with van der Waals surface area (Å²) >= 11 is 0. The molecule has 0 aliphatic carbocycles. The van der Waals surface area contributed by atoms with Crippen LogP contribution in [0.1, 0.15) is 32.6 Å². The Bertz CT molecular complexity index is 365. The highest BCUT2D eigenvalue weighted by atomic mass is 16.4. The van der Waals surface area contributed by atoms with Gasteiger partial charge in [0.1, 0.15) is 0 Å². The van der Waals surface area contributed by atoms with Crippen molar-refractivity contribution in [2.24, 2.45) is 0 Å². The standard InChI is InChI=1S/C12H18N2O4/c1-9-5-3-2-4-8-14(9)12(18)13-10(15)6-7-11(16)17/h6-7,9H,2-5,8H2,1H3,(H,16,17)(H,13,15,18). The molecule has 1 aliphatic rings. The fourth-order valence-electron chi connectivity index (χ4n) is 1.94. The maximum Gasteiger partial charge on any atom is 0.328 e. The molecule has 0 saturated carbocycles. The third-order valence-electron chi connectivity index (χ3n) is 2.92. The van der Waals surface area contributed by atoms with Crippen molar-refractivity contribution < 1.29 is 19.5 Å². The first-order valence-electron chi connectivity index (χ1n) is 6.03. The Morgan fingerprint density at radius 2 is 1.94 bits per heavy atom. The molecule has 1 fully saturated rings. The Hall–Kier alpha value is -1.85. The minimum Gasteiger partial charge on any atom is -0.478 e. The fourth-order valence-corrected chi connectivity index (χ4v) is 1.94. The van der Waals surface area contributed by atoms with Crippen LogP contribution < -0.4 is 5.32 Å². The van der Waals surface area contributed by atoms with E-state index in [0.29, 0.717) is 12.6 Å². The molecule has 100 valence electrons. The third-order valence-corrected chi connectivity index (χ3v) is 2.92. The van der Waals surface area contributed by atoms with Gasteiger partial charge >= 0.3 is 12.0 Å². The van der Waals surface area contributed by atoms with Crippen molar-refractivity contribution in [3.05, 3.63) is 12.2 Å².